The molecule has 1 aliphatic carbocycles. The van der Waals surface area contributed by atoms with Gasteiger partial charge in [0.1, 0.15) is 12.4 Å². The van der Waals surface area contributed by atoms with Gasteiger partial charge in [0.2, 0.25) is 0 Å². The molecule has 264 valence electrons. The first-order valence-electron chi connectivity index (χ1n) is 17.9. The molecule has 6 rings (SSSR count). The van der Waals surface area contributed by atoms with E-state index in [0.717, 1.165) is 81.9 Å². The van der Waals surface area contributed by atoms with Crippen molar-refractivity contribution < 1.29 is 29.3 Å². The van der Waals surface area contributed by atoms with Crippen molar-refractivity contribution >= 4 is 29.1 Å². The number of unbranched alkanes of at least 4 members (excludes halogenated alkanes) is 3. The van der Waals surface area contributed by atoms with Crippen LogP contribution in [0, 0.1) is 11.8 Å². The monoisotopic (exact) mass is 680 g/mol. The average molecular weight is 681 g/mol. The number of ether oxygens (including phenoxy) is 2. The summed E-state index contributed by atoms with van der Waals surface area (Å²) in [6.07, 6.45) is 12.0. The minimum absolute atomic E-state index is 0.00137. The van der Waals surface area contributed by atoms with Crippen molar-refractivity contribution in [1.82, 2.24) is 5.32 Å². The van der Waals surface area contributed by atoms with Crippen molar-refractivity contribution in [1.29, 1.82) is 0 Å². The lowest BCUT2D eigenvalue weighted by molar-refractivity contribution is -0.143. The van der Waals surface area contributed by atoms with Gasteiger partial charge in [-0.1, -0.05) is 40.0 Å². The number of carbonyl (C=O) groups is 2. The number of rotatable bonds is 12. The number of nitrogens with one attached hydrogen (secondary N) is 1. The van der Waals surface area contributed by atoms with Crippen molar-refractivity contribution in [2.75, 3.05) is 20.3 Å². The summed E-state index contributed by atoms with van der Waals surface area (Å²) in [6.45, 7) is 10.1. The summed E-state index contributed by atoms with van der Waals surface area (Å²) in [5.74, 6) is -0.278. The Hall–Kier alpha value is -4.57. The van der Waals surface area contributed by atoms with Gasteiger partial charge in [0.05, 0.1) is 47.9 Å². The number of methoxy groups -OCH3 is 1. The van der Waals surface area contributed by atoms with Crippen molar-refractivity contribution in [3.8, 4) is 0 Å². The molecule has 0 spiro atoms. The first kappa shape index (κ1) is 35.3. The molecule has 0 aromatic rings. The van der Waals surface area contributed by atoms with E-state index in [1.165, 1.54) is 7.11 Å². The number of fused-ring (bicyclic) bond motifs is 5. The van der Waals surface area contributed by atoms with Gasteiger partial charge in [-0.15, -0.1) is 0 Å². The van der Waals surface area contributed by atoms with Gasteiger partial charge in [0.25, 0.3) is 0 Å². The van der Waals surface area contributed by atoms with Crippen molar-refractivity contribution in [2.24, 2.45) is 26.8 Å². The molecule has 2 atom stereocenters. The fourth-order valence-electron chi connectivity index (χ4n) is 7.69. The molecule has 5 heterocycles. The maximum absolute atomic E-state index is 12.8. The third-order valence-electron chi connectivity index (χ3n) is 10.7. The minimum Gasteiger partial charge on any atom is -0.511 e. The van der Waals surface area contributed by atoms with Gasteiger partial charge in [0.15, 0.2) is 0 Å². The van der Waals surface area contributed by atoms with Crippen LogP contribution in [-0.4, -0.2) is 59.6 Å². The van der Waals surface area contributed by atoms with E-state index in [1.807, 2.05) is 32.1 Å². The minimum atomic E-state index is -0.270. The van der Waals surface area contributed by atoms with Crippen LogP contribution in [0.4, 0.5) is 0 Å². The second kappa shape index (κ2) is 14.7. The third-order valence-corrected chi connectivity index (χ3v) is 10.7. The molecule has 0 aromatic carbocycles. The van der Waals surface area contributed by atoms with Crippen LogP contribution in [0.2, 0.25) is 0 Å². The van der Waals surface area contributed by atoms with Crippen molar-refractivity contribution in [2.45, 2.75) is 92.4 Å². The molecule has 6 aliphatic rings. The molecule has 10 heteroatoms. The van der Waals surface area contributed by atoms with Crippen LogP contribution in [0.25, 0.3) is 0 Å². The highest BCUT2D eigenvalue weighted by molar-refractivity contribution is 6.21. The largest absolute Gasteiger partial charge is 0.511 e. The topological polar surface area (TPSA) is 142 Å². The third kappa shape index (κ3) is 6.53. The Morgan fingerprint density at radius 1 is 0.920 bits per heavy atom. The molecule has 8 bridgehead atoms. The lowest BCUT2D eigenvalue weighted by atomic mass is 9.86. The molecule has 1 fully saturated rings. The molecule has 1 saturated heterocycles. The number of allylic oxidation sites excluding steroid dienone is 10. The van der Waals surface area contributed by atoms with E-state index in [4.69, 9.17) is 24.5 Å². The maximum atomic E-state index is 12.8. The molecule has 0 aromatic heterocycles. The second-order valence-corrected chi connectivity index (χ2v) is 13.7. The Morgan fingerprint density at radius 3 is 2.40 bits per heavy atom. The molecule has 10 nitrogen and oxygen atoms in total. The number of hydrogen-bond acceptors (Lipinski definition) is 10. The van der Waals surface area contributed by atoms with E-state index >= 15 is 0 Å². The zero-order chi connectivity index (χ0) is 35.7. The lowest BCUT2D eigenvalue weighted by Gasteiger charge is -2.17. The Morgan fingerprint density at radius 2 is 1.68 bits per heavy atom. The summed E-state index contributed by atoms with van der Waals surface area (Å²) in [4.78, 5) is 40.2. The highest BCUT2D eigenvalue weighted by Crippen LogP contribution is 2.46. The summed E-state index contributed by atoms with van der Waals surface area (Å²) >= 11 is 0. The van der Waals surface area contributed by atoms with Gasteiger partial charge in [-0.05, 0) is 68.1 Å². The Kier molecular flexibility index (Phi) is 10.4. The highest BCUT2D eigenvalue weighted by Gasteiger charge is 2.41. The Balaban J connectivity index is 1.49. The molecule has 0 radical (unpaired) electrons. The zero-order valence-electron chi connectivity index (χ0n) is 30.0. The second-order valence-electron chi connectivity index (χ2n) is 13.7. The number of aliphatic imine (C=N–C) groups is 3. The molecule has 50 heavy (non-hydrogen) atoms. The zero-order valence-corrected chi connectivity index (χ0v) is 30.0. The lowest BCUT2D eigenvalue weighted by Crippen LogP contribution is -2.16. The standard InChI is InChI=1S/C40H48N4O6/c1-7-9-10-11-12-37(48)50-20-28-24(8-2)32-17-31-23(5)38-35(46)15-26(40(38)44-31)39-25(13-14-36(47)49-6)21(3)30(43-39)16-29-22(4)27(19-45)33(41-29)18-34(28)42-32/h16-18,21,25,43,45-46H,7-15,19-20H2,1-6H3. The van der Waals surface area contributed by atoms with Gasteiger partial charge in [-0.25, -0.2) is 15.0 Å². The summed E-state index contributed by atoms with van der Waals surface area (Å²) in [5.41, 5.74) is 11.8. The molecular weight excluding hydrogens is 632 g/mol. The molecule has 5 aliphatic heterocycles. The molecule has 2 unspecified atom stereocenters. The van der Waals surface area contributed by atoms with E-state index in [0.29, 0.717) is 54.1 Å². The van der Waals surface area contributed by atoms with E-state index in [-0.39, 0.29) is 49.2 Å². The smallest absolute Gasteiger partial charge is 0.306 e. The number of esters is 2. The molecule has 3 N–H and O–H groups in total. The summed E-state index contributed by atoms with van der Waals surface area (Å²) in [5, 5.41) is 25.5. The van der Waals surface area contributed by atoms with Crippen molar-refractivity contribution in [3.05, 3.63) is 91.5 Å². The maximum Gasteiger partial charge on any atom is 0.306 e. The fourth-order valence-corrected chi connectivity index (χ4v) is 7.69. The average Bonchev–Trinajstić information content (AvgIpc) is 3.86. The molecule has 0 saturated carbocycles. The van der Waals surface area contributed by atoms with E-state index in [2.05, 4.69) is 26.1 Å². The highest BCUT2D eigenvalue weighted by atomic mass is 16.5. The predicted molar refractivity (Wildman–Crippen MR) is 194 cm³/mol. The van der Waals surface area contributed by atoms with E-state index < -0.39 is 0 Å². The van der Waals surface area contributed by atoms with E-state index in [9.17, 15) is 19.8 Å². The van der Waals surface area contributed by atoms with Gasteiger partial charge in [-0.2, -0.15) is 0 Å². The molecule has 0 amide bonds. The number of aliphatic hydroxyl groups excluding tert-OH is 2. The van der Waals surface area contributed by atoms with Gasteiger partial charge >= 0.3 is 11.9 Å². The van der Waals surface area contributed by atoms with Gasteiger partial charge in [-0.3, -0.25) is 9.59 Å². The number of aliphatic hydroxyl groups is 2. The Labute approximate surface area is 294 Å². The van der Waals surface area contributed by atoms with Crippen LogP contribution in [0.3, 0.4) is 0 Å². The van der Waals surface area contributed by atoms with Gasteiger partial charge in [0, 0.05) is 64.8 Å². The van der Waals surface area contributed by atoms with Crippen LogP contribution in [-0.2, 0) is 19.1 Å². The fraction of sp³-hybridized carbons (Fsp3) is 0.475. The quantitative estimate of drug-likeness (QED) is 0.148. The number of hydrogen-bond donors (Lipinski definition) is 3. The number of carbonyl (C=O) groups excluding carboxylic acids is 2. The van der Waals surface area contributed by atoms with Crippen LogP contribution < -0.4 is 5.32 Å². The van der Waals surface area contributed by atoms with Crippen LogP contribution in [0.5, 0.6) is 0 Å². The van der Waals surface area contributed by atoms with Crippen LogP contribution >= 0.6 is 0 Å². The summed E-state index contributed by atoms with van der Waals surface area (Å²) in [6, 6.07) is 0. The van der Waals surface area contributed by atoms with Crippen LogP contribution in [0.1, 0.15) is 92.4 Å². The number of nitrogens with zero attached hydrogens (tertiary/aromatic N) is 3. The van der Waals surface area contributed by atoms with E-state index in [1.54, 1.807) is 0 Å². The summed E-state index contributed by atoms with van der Waals surface area (Å²) in [7, 11) is 1.40. The normalized spacial score (nSPS) is 22.5. The van der Waals surface area contributed by atoms with Gasteiger partial charge < -0.3 is 25.0 Å². The van der Waals surface area contributed by atoms with Crippen molar-refractivity contribution in [3.63, 3.8) is 0 Å². The first-order chi connectivity index (χ1) is 24.1. The first-order valence-corrected chi connectivity index (χ1v) is 17.9. The summed E-state index contributed by atoms with van der Waals surface area (Å²) < 4.78 is 10.8. The van der Waals surface area contributed by atoms with Crippen LogP contribution in [0.15, 0.2) is 106 Å². The Bertz CT molecular complexity index is 1870. The SMILES string of the molecule is CCCCCCC(=O)OCC1=C(CC)C2=CC3=C(C)C4=C(O)CC(=C5NC(=CC6=NC(=CC1=N2)C(CO)=C6C)C(C)C5CCC(=O)OC)C4=N3. The molecular formula is C40H48N4O6. The predicted octanol–water partition coefficient (Wildman–Crippen LogP) is 7.10.